The molecule has 2 heterocycles. The Bertz CT molecular complexity index is 1600. The molecule has 200 valence electrons. The second-order valence-electron chi connectivity index (χ2n) is 10.4. The Morgan fingerprint density at radius 1 is 0.850 bits per heavy atom. The van der Waals surface area contributed by atoms with Crippen LogP contribution in [0.4, 0.5) is 11.4 Å². The number of fused-ring (bicyclic) bond motifs is 2. The van der Waals surface area contributed by atoms with Crippen molar-refractivity contribution in [3.8, 4) is 11.1 Å². The first-order chi connectivity index (χ1) is 19.4. The van der Waals surface area contributed by atoms with E-state index < -0.39 is 6.10 Å². The maximum Gasteiger partial charge on any atom is 0.258 e. The molecule has 7 heteroatoms. The van der Waals surface area contributed by atoms with Crippen LogP contribution in [0.3, 0.4) is 0 Å². The van der Waals surface area contributed by atoms with Crippen LogP contribution in [-0.2, 0) is 0 Å². The molecule has 6 nitrogen and oxygen atoms in total. The highest BCUT2D eigenvalue weighted by molar-refractivity contribution is 7.80. The van der Waals surface area contributed by atoms with Gasteiger partial charge in [-0.05, 0) is 66.9 Å². The molecule has 0 aliphatic carbocycles. The van der Waals surface area contributed by atoms with E-state index in [0.29, 0.717) is 41.3 Å². The van der Waals surface area contributed by atoms with Crippen LogP contribution < -0.4 is 10.2 Å². The van der Waals surface area contributed by atoms with Crippen molar-refractivity contribution in [2.45, 2.75) is 25.5 Å². The van der Waals surface area contributed by atoms with Gasteiger partial charge in [0.1, 0.15) is 4.99 Å². The summed E-state index contributed by atoms with van der Waals surface area (Å²) in [7, 11) is 0. The van der Waals surface area contributed by atoms with E-state index >= 15 is 0 Å². The molecule has 0 saturated carbocycles. The van der Waals surface area contributed by atoms with Gasteiger partial charge in [0.05, 0.1) is 17.8 Å². The van der Waals surface area contributed by atoms with Gasteiger partial charge in [0, 0.05) is 35.5 Å². The molecule has 2 aliphatic heterocycles. The van der Waals surface area contributed by atoms with Crippen molar-refractivity contribution >= 4 is 40.4 Å². The van der Waals surface area contributed by atoms with E-state index in [-0.39, 0.29) is 17.9 Å². The number of carbonyl (C=O) groups is 2. The molecule has 4 aromatic carbocycles. The van der Waals surface area contributed by atoms with Crippen molar-refractivity contribution < 1.29 is 14.7 Å². The van der Waals surface area contributed by atoms with Gasteiger partial charge in [-0.25, -0.2) is 0 Å². The van der Waals surface area contributed by atoms with Gasteiger partial charge in [-0.15, -0.1) is 0 Å². The standard InChI is InChI=1S/C33H29N3O3S/c1-21-10-12-22(13-11-21)27-6-2-3-7-28(27)31(38)34-24-16-14-23(15-17-24)32(39)36-19-25-18-26(37)20-35(25)33(40)29-8-4-5-9-30(29)36/h2-17,25-26,37H,18-20H2,1H3,(H,34,38)/t25-,26-/m1/s1. The van der Waals surface area contributed by atoms with Crippen LogP contribution in [0, 0.1) is 6.92 Å². The zero-order chi connectivity index (χ0) is 27.8. The van der Waals surface area contributed by atoms with E-state index in [2.05, 4.69) is 5.32 Å². The molecule has 0 unspecified atom stereocenters. The van der Waals surface area contributed by atoms with Gasteiger partial charge in [-0.3, -0.25) is 9.59 Å². The Morgan fingerprint density at radius 2 is 1.52 bits per heavy atom. The number of aryl methyl sites for hydroxylation is 1. The molecule has 0 spiro atoms. The predicted molar refractivity (Wildman–Crippen MR) is 162 cm³/mol. The van der Waals surface area contributed by atoms with Crippen LogP contribution in [0.5, 0.6) is 0 Å². The zero-order valence-electron chi connectivity index (χ0n) is 22.1. The monoisotopic (exact) mass is 547 g/mol. The molecule has 0 bridgehead atoms. The molecule has 1 saturated heterocycles. The van der Waals surface area contributed by atoms with Gasteiger partial charge in [0.2, 0.25) is 0 Å². The first-order valence-corrected chi connectivity index (χ1v) is 13.8. The fraction of sp³-hybridized carbons (Fsp3) is 0.182. The number of para-hydroxylation sites is 1. The molecule has 2 aliphatic rings. The minimum absolute atomic E-state index is 0.0500. The summed E-state index contributed by atoms with van der Waals surface area (Å²) in [6.45, 7) is 2.94. The van der Waals surface area contributed by atoms with Gasteiger partial charge in [-0.1, -0.05) is 72.4 Å². The smallest absolute Gasteiger partial charge is 0.258 e. The minimum atomic E-state index is -0.468. The highest BCUT2D eigenvalue weighted by atomic mass is 32.1. The third kappa shape index (κ3) is 4.90. The van der Waals surface area contributed by atoms with E-state index in [1.54, 1.807) is 29.2 Å². The fourth-order valence-corrected chi connectivity index (χ4v) is 5.97. The number of anilines is 2. The average Bonchev–Trinajstić information content (AvgIpc) is 3.31. The summed E-state index contributed by atoms with van der Waals surface area (Å²) >= 11 is 5.77. The molecular weight excluding hydrogens is 518 g/mol. The first kappa shape index (κ1) is 25.9. The normalized spacial score (nSPS) is 18.1. The highest BCUT2D eigenvalue weighted by Gasteiger charge is 2.39. The average molecular weight is 548 g/mol. The minimum Gasteiger partial charge on any atom is -0.391 e. The number of hydrogen-bond donors (Lipinski definition) is 2. The topological polar surface area (TPSA) is 72.9 Å². The lowest BCUT2D eigenvalue weighted by molar-refractivity contribution is 0.0981. The van der Waals surface area contributed by atoms with Crippen LogP contribution >= 0.6 is 12.2 Å². The molecular formula is C33H29N3O3S. The van der Waals surface area contributed by atoms with Gasteiger partial charge >= 0.3 is 0 Å². The fourth-order valence-electron chi connectivity index (χ4n) is 5.58. The van der Waals surface area contributed by atoms with Crippen LogP contribution in [0.1, 0.15) is 38.3 Å². The molecule has 2 amide bonds. The predicted octanol–water partition coefficient (Wildman–Crippen LogP) is 5.69. The first-order valence-electron chi connectivity index (χ1n) is 13.4. The van der Waals surface area contributed by atoms with Crippen LogP contribution in [0.2, 0.25) is 0 Å². The second kappa shape index (κ2) is 10.7. The number of aliphatic hydroxyl groups excluding tert-OH is 1. The second-order valence-corrected chi connectivity index (χ2v) is 10.8. The zero-order valence-corrected chi connectivity index (χ0v) is 22.9. The Balaban J connectivity index is 1.23. The SMILES string of the molecule is Cc1ccc(-c2ccccc2C(=O)Nc2ccc(C(=O)N3C[C@H]4C[C@@H](O)CN4C(=S)c4ccccc43)cc2)cc1. The number of carbonyl (C=O) groups excluding carboxylic acids is 2. The summed E-state index contributed by atoms with van der Waals surface area (Å²) in [5, 5.41) is 13.3. The largest absolute Gasteiger partial charge is 0.391 e. The summed E-state index contributed by atoms with van der Waals surface area (Å²) in [6.07, 6.45) is 0.0941. The van der Waals surface area contributed by atoms with E-state index in [4.69, 9.17) is 12.2 Å². The Labute approximate surface area is 238 Å². The van der Waals surface area contributed by atoms with E-state index in [9.17, 15) is 14.7 Å². The lowest BCUT2D eigenvalue weighted by atomic mass is 9.98. The van der Waals surface area contributed by atoms with Crippen LogP contribution in [-0.4, -0.2) is 52.0 Å². The van der Waals surface area contributed by atoms with E-state index in [1.165, 1.54) is 0 Å². The Kier molecular flexibility index (Phi) is 6.92. The molecule has 0 aromatic heterocycles. The van der Waals surface area contributed by atoms with Crippen molar-refractivity contribution in [1.29, 1.82) is 0 Å². The number of hydrogen-bond acceptors (Lipinski definition) is 4. The van der Waals surface area contributed by atoms with Crippen LogP contribution in [0.15, 0.2) is 97.1 Å². The van der Waals surface area contributed by atoms with E-state index in [0.717, 1.165) is 27.9 Å². The number of amides is 2. The molecule has 40 heavy (non-hydrogen) atoms. The third-order valence-electron chi connectivity index (χ3n) is 7.64. The van der Waals surface area contributed by atoms with Crippen molar-refractivity contribution in [1.82, 2.24) is 4.90 Å². The van der Waals surface area contributed by atoms with Gasteiger partial charge in [-0.2, -0.15) is 0 Å². The van der Waals surface area contributed by atoms with Crippen molar-refractivity contribution in [2.24, 2.45) is 0 Å². The highest BCUT2D eigenvalue weighted by Crippen LogP contribution is 2.33. The number of aliphatic hydroxyl groups is 1. The Hall–Kier alpha value is -4.33. The molecule has 2 atom stereocenters. The number of nitrogens with one attached hydrogen (secondary N) is 1. The summed E-state index contributed by atoms with van der Waals surface area (Å²) < 4.78 is 0. The lowest BCUT2D eigenvalue weighted by Crippen LogP contribution is -2.41. The maximum atomic E-state index is 13.8. The maximum absolute atomic E-state index is 13.8. The Morgan fingerprint density at radius 3 is 2.27 bits per heavy atom. The summed E-state index contributed by atoms with van der Waals surface area (Å²) in [5.74, 6) is -0.369. The summed E-state index contributed by atoms with van der Waals surface area (Å²) in [5.41, 5.74) is 6.26. The third-order valence-corrected chi connectivity index (χ3v) is 8.10. The molecule has 4 aromatic rings. The summed E-state index contributed by atoms with van der Waals surface area (Å²) in [6, 6.07) is 30.2. The van der Waals surface area contributed by atoms with Gasteiger partial charge in [0.15, 0.2) is 0 Å². The molecule has 1 fully saturated rings. The van der Waals surface area contributed by atoms with Crippen molar-refractivity contribution in [3.63, 3.8) is 0 Å². The molecule has 0 radical (unpaired) electrons. The lowest BCUT2D eigenvalue weighted by Gasteiger charge is -2.27. The quantitative estimate of drug-likeness (QED) is 0.322. The van der Waals surface area contributed by atoms with E-state index in [1.807, 2.05) is 84.6 Å². The summed E-state index contributed by atoms with van der Waals surface area (Å²) in [4.78, 5) is 31.5. The number of rotatable bonds is 4. The molecule has 6 rings (SSSR count). The van der Waals surface area contributed by atoms with Gasteiger partial charge < -0.3 is 20.2 Å². The number of thiocarbonyl (C=S) groups is 1. The number of nitrogens with zero attached hydrogens (tertiary/aromatic N) is 2. The van der Waals surface area contributed by atoms with Crippen molar-refractivity contribution in [2.75, 3.05) is 23.3 Å². The van der Waals surface area contributed by atoms with Crippen LogP contribution in [0.25, 0.3) is 11.1 Å². The number of benzene rings is 4. The van der Waals surface area contributed by atoms with Gasteiger partial charge in [0.25, 0.3) is 11.8 Å². The molecule has 2 N–H and O–H groups in total. The van der Waals surface area contributed by atoms with Crippen molar-refractivity contribution in [3.05, 3.63) is 119 Å².